The van der Waals surface area contributed by atoms with Crippen LogP contribution in [0.5, 0.6) is 0 Å². The van der Waals surface area contributed by atoms with Gasteiger partial charge < -0.3 is 14.6 Å². The van der Waals surface area contributed by atoms with E-state index in [1.807, 2.05) is 0 Å². The van der Waals surface area contributed by atoms with Crippen LogP contribution in [0.25, 0.3) is 0 Å². The van der Waals surface area contributed by atoms with Gasteiger partial charge in [-0.1, -0.05) is 0 Å². The van der Waals surface area contributed by atoms with Gasteiger partial charge in [-0.15, -0.1) is 0 Å². The number of morpholine rings is 1. The molecule has 112 valence electrons. The number of aliphatic hydroxyl groups is 1. The first-order valence-corrected chi connectivity index (χ1v) is 6.28. The molecule has 2 atom stereocenters. The number of hydrogen-bond donors (Lipinski definition) is 1. The Morgan fingerprint density at radius 1 is 1.53 bits per heavy atom. The van der Waals surface area contributed by atoms with Crippen molar-refractivity contribution in [2.75, 3.05) is 33.9 Å². The number of carbonyl (C=O) groups excluding carboxylic acids is 1. The first-order chi connectivity index (χ1) is 8.76. The third-order valence-corrected chi connectivity index (χ3v) is 2.80. The van der Waals surface area contributed by atoms with E-state index in [2.05, 4.69) is 0 Å². The summed E-state index contributed by atoms with van der Waals surface area (Å²) in [5.41, 5.74) is -0.571. The van der Waals surface area contributed by atoms with Crippen LogP contribution in [0.4, 0.5) is 4.79 Å². The molecule has 0 aromatic rings. The van der Waals surface area contributed by atoms with Crippen molar-refractivity contribution in [2.45, 2.75) is 38.6 Å². The van der Waals surface area contributed by atoms with Gasteiger partial charge in [0, 0.05) is 13.6 Å². The van der Waals surface area contributed by atoms with E-state index < -0.39 is 24.0 Å². The van der Waals surface area contributed by atoms with Crippen LogP contribution < -0.4 is 0 Å². The molecule has 1 aliphatic heterocycles. The summed E-state index contributed by atoms with van der Waals surface area (Å²) in [4.78, 5) is 18.5. The highest BCUT2D eigenvalue weighted by Gasteiger charge is 2.37. The van der Waals surface area contributed by atoms with E-state index in [1.54, 1.807) is 27.8 Å². The third kappa shape index (κ3) is 4.61. The molecule has 1 unspecified atom stereocenters. The molecule has 0 radical (unpaired) electrons. The summed E-state index contributed by atoms with van der Waals surface area (Å²) in [7, 11) is 3.04. The van der Waals surface area contributed by atoms with Crippen LogP contribution in [0.15, 0.2) is 0 Å². The minimum atomic E-state index is -0.974. The molecule has 7 heteroatoms. The van der Waals surface area contributed by atoms with Gasteiger partial charge in [-0.05, 0) is 20.8 Å². The summed E-state index contributed by atoms with van der Waals surface area (Å²) in [5.74, 6) is 0. The van der Waals surface area contributed by atoms with Crippen molar-refractivity contribution in [1.82, 2.24) is 9.96 Å². The maximum absolute atomic E-state index is 12.1. The van der Waals surface area contributed by atoms with Crippen molar-refractivity contribution in [3.05, 3.63) is 0 Å². The average Bonchev–Trinajstić information content (AvgIpc) is 2.35. The fourth-order valence-corrected chi connectivity index (χ4v) is 1.77. The Labute approximate surface area is 114 Å². The fourth-order valence-electron chi connectivity index (χ4n) is 1.77. The lowest BCUT2D eigenvalue weighted by Gasteiger charge is -2.40. The van der Waals surface area contributed by atoms with Crippen LogP contribution >= 0.6 is 0 Å². The van der Waals surface area contributed by atoms with Crippen LogP contribution in [0.1, 0.15) is 20.8 Å². The molecule has 1 fully saturated rings. The number of rotatable bonds is 3. The summed E-state index contributed by atoms with van der Waals surface area (Å²) in [6.45, 7) is 6.47. The van der Waals surface area contributed by atoms with E-state index in [9.17, 15) is 9.90 Å². The standard InChI is InChI=1S/C12H24N2O5/c1-12(2,3)19-11(16)14-6-7-18-8-9(14)10(15)13(4)17-5/h9-10,15H,6-8H2,1-5H3/t9-,10?/m1/s1. The molecular formula is C12H24N2O5. The molecule has 0 aliphatic carbocycles. The number of hydrogen-bond acceptors (Lipinski definition) is 6. The first-order valence-electron chi connectivity index (χ1n) is 6.28. The van der Waals surface area contributed by atoms with Crippen molar-refractivity contribution in [1.29, 1.82) is 0 Å². The number of ether oxygens (including phenoxy) is 2. The van der Waals surface area contributed by atoms with Gasteiger partial charge >= 0.3 is 6.09 Å². The van der Waals surface area contributed by atoms with Gasteiger partial charge in [-0.2, -0.15) is 5.06 Å². The van der Waals surface area contributed by atoms with Gasteiger partial charge in [-0.3, -0.25) is 9.74 Å². The zero-order valence-electron chi connectivity index (χ0n) is 12.3. The first kappa shape index (κ1) is 16.2. The van der Waals surface area contributed by atoms with E-state index in [-0.39, 0.29) is 6.61 Å². The second kappa shape index (κ2) is 6.51. The van der Waals surface area contributed by atoms with Gasteiger partial charge in [0.1, 0.15) is 5.60 Å². The molecule has 1 rings (SSSR count). The highest BCUT2D eigenvalue weighted by atomic mass is 16.7. The number of amides is 1. The van der Waals surface area contributed by atoms with Gasteiger partial charge in [0.15, 0.2) is 6.23 Å². The maximum Gasteiger partial charge on any atom is 0.410 e. The van der Waals surface area contributed by atoms with Gasteiger partial charge in [0.05, 0.1) is 26.4 Å². The molecule has 0 saturated carbocycles. The van der Waals surface area contributed by atoms with E-state index in [4.69, 9.17) is 14.3 Å². The number of aliphatic hydroxyl groups excluding tert-OH is 1. The summed E-state index contributed by atoms with van der Waals surface area (Å²) in [6, 6.07) is -0.520. The molecule has 1 N–H and O–H groups in total. The molecule has 0 aromatic heterocycles. The van der Waals surface area contributed by atoms with Crippen molar-refractivity contribution >= 4 is 6.09 Å². The minimum absolute atomic E-state index is 0.244. The van der Waals surface area contributed by atoms with E-state index in [1.165, 1.54) is 17.1 Å². The Morgan fingerprint density at radius 3 is 2.68 bits per heavy atom. The highest BCUT2D eigenvalue weighted by molar-refractivity contribution is 5.68. The van der Waals surface area contributed by atoms with Crippen LogP contribution in [-0.4, -0.2) is 72.9 Å². The highest BCUT2D eigenvalue weighted by Crippen LogP contribution is 2.17. The van der Waals surface area contributed by atoms with Gasteiger partial charge in [0.2, 0.25) is 0 Å². The summed E-state index contributed by atoms with van der Waals surface area (Å²) >= 11 is 0. The largest absolute Gasteiger partial charge is 0.444 e. The van der Waals surface area contributed by atoms with Crippen LogP contribution in [0, 0.1) is 0 Å². The Balaban J connectivity index is 2.74. The Hall–Kier alpha value is -0.890. The molecule has 0 aromatic carbocycles. The molecule has 7 nitrogen and oxygen atoms in total. The minimum Gasteiger partial charge on any atom is -0.444 e. The maximum atomic E-state index is 12.1. The van der Waals surface area contributed by atoms with Crippen LogP contribution in [-0.2, 0) is 14.3 Å². The molecule has 0 spiro atoms. The monoisotopic (exact) mass is 276 g/mol. The molecule has 19 heavy (non-hydrogen) atoms. The summed E-state index contributed by atoms with van der Waals surface area (Å²) < 4.78 is 10.6. The number of likely N-dealkylation sites (N-methyl/N-ethyl adjacent to an activating group) is 1. The van der Waals surface area contributed by atoms with E-state index in [0.29, 0.717) is 13.2 Å². The summed E-state index contributed by atoms with van der Waals surface area (Å²) in [6.07, 6.45) is -1.43. The topological polar surface area (TPSA) is 71.5 Å². The normalized spacial score (nSPS) is 22.5. The zero-order valence-corrected chi connectivity index (χ0v) is 12.3. The smallest absolute Gasteiger partial charge is 0.410 e. The molecule has 0 bridgehead atoms. The molecular weight excluding hydrogens is 252 g/mol. The van der Waals surface area contributed by atoms with Crippen molar-refractivity contribution in [3.63, 3.8) is 0 Å². The molecule has 1 aliphatic rings. The van der Waals surface area contributed by atoms with Gasteiger partial charge in [-0.25, -0.2) is 4.79 Å². The molecule has 1 heterocycles. The van der Waals surface area contributed by atoms with E-state index in [0.717, 1.165) is 0 Å². The second-order valence-corrected chi connectivity index (χ2v) is 5.46. The fraction of sp³-hybridized carbons (Fsp3) is 0.917. The predicted octanol–water partition coefficient (Wildman–Crippen LogP) is 0.434. The number of hydroxylamine groups is 2. The van der Waals surface area contributed by atoms with Gasteiger partial charge in [0.25, 0.3) is 0 Å². The lowest BCUT2D eigenvalue weighted by molar-refractivity contribution is -0.232. The average molecular weight is 276 g/mol. The second-order valence-electron chi connectivity index (χ2n) is 5.46. The number of carbonyl (C=O) groups is 1. The summed E-state index contributed by atoms with van der Waals surface area (Å²) in [5, 5.41) is 11.4. The molecule has 1 amide bonds. The van der Waals surface area contributed by atoms with Crippen LogP contribution in [0.2, 0.25) is 0 Å². The quantitative estimate of drug-likeness (QED) is 0.595. The lowest BCUT2D eigenvalue weighted by Crippen LogP contribution is -2.58. The Kier molecular flexibility index (Phi) is 5.54. The zero-order chi connectivity index (χ0) is 14.6. The lowest BCUT2D eigenvalue weighted by atomic mass is 10.2. The van der Waals surface area contributed by atoms with Crippen LogP contribution in [0.3, 0.4) is 0 Å². The predicted molar refractivity (Wildman–Crippen MR) is 68.3 cm³/mol. The third-order valence-electron chi connectivity index (χ3n) is 2.80. The Bertz CT molecular complexity index is 305. The van der Waals surface area contributed by atoms with E-state index >= 15 is 0 Å². The molecule has 1 saturated heterocycles. The van der Waals surface area contributed by atoms with Crippen molar-refractivity contribution < 1.29 is 24.2 Å². The number of nitrogens with zero attached hydrogens (tertiary/aromatic N) is 2. The SMILES string of the molecule is CON(C)C(O)[C@H]1COCCN1C(=O)OC(C)(C)C. The van der Waals surface area contributed by atoms with Crippen molar-refractivity contribution in [3.8, 4) is 0 Å². The van der Waals surface area contributed by atoms with Crippen molar-refractivity contribution in [2.24, 2.45) is 0 Å². The Morgan fingerprint density at radius 2 is 2.16 bits per heavy atom.